The van der Waals surface area contributed by atoms with Crippen LogP contribution in [0.5, 0.6) is 0 Å². The molecule has 0 amide bonds. The minimum atomic E-state index is -5.17. The Morgan fingerprint density at radius 1 is 1.25 bits per heavy atom. The van der Waals surface area contributed by atoms with Crippen molar-refractivity contribution in [2.45, 2.75) is 6.42 Å². The van der Waals surface area contributed by atoms with E-state index in [9.17, 15) is 0 Å². The minimum Gasteiger partial charge on any atom is -0.759 e. The summed E-state index contributed by atoms with van der Waals surface area (Å²) >= 11 is 0. The molecule has 5 nitrogen and oxygen atoms in total. The summed E-state index contributed by atoms with van der Waals surface area (Å²) in [5, 5.41) is 3.04. The Kier molecular flexibility index (Phi) is 16.7. The average Bonchev–Trinajstić information content (AvgIpc) is 2.07. The fraction of sp³-hybridized carbons (Fsp3) is 0.500. The van der Waals surface area contributed by atoms with Crippen molar-refractivity contribution in [1.82, 2.24) is 5.32 Å². The molecular formula is C4H7NNa2O4S. The van der Waals surface area contributed by atoms with Crippen LogP contribution in [0.4, 0.5) is 0 Å². The molecule has 0 aromatic carbocycles. The van der Waals surface area contributed by atoms with Gasteiger partial charge < -0.3 is 14.4 Å². The molecule has 0 unspecified atom stereocenters. The second-order valence-electron chi connectivity index (χ2n) is 1.55. The second kappa shape index (κ2) is 10.5. The molecule has 0 saturated heterocycles. The quantitative estimate of drug-likeness (QED) is 0.244. The third-order valence-corrected chi connectivity index (χ3v) is 0.691. The molecule has 0 fully saturated rings. The molecule has 1 heterocycles. The first-order valence-corrected chi connectivity index (χ1v) is 3.88. The van der Waals surface area contributed by atoms with Gasteiger partial charge in [0.15, 0.2) is 0 Å². The average molecular weight is 211 g/mol. The largest absolute Gasteiger partial charge is 1.00 e. The van der Waals surface area contributed by atoms with E-state index in [1.165, 1.54) is 6.42 Å². The third kappa shape index (κ3) is 30.1. The predicted octanol–water partition coefficient (Wildman–Crippen LogP) is -6.84. The van der Waals surface area contributed by atoms with E-state index < -0.39 is 10.4 Å². The molecule has 0 radical (unpaired) electrons. The Hall–Kier alpha value is 1.41. The van der Waals surface area contributed by atoms with Crippen LogP contribution in [0.3, 0.4) is 0 Å². The molecule has 0 aromatic rings. The van der Waals surface area contributed by atoms with Crippen molar-refractivity contribution in [3.05, 3.63) is 12.3 Å². The molecule has 1 N–H and O–H groups in total. The van der Waals surface area contributed by atoms with E-state index in [4.69, 9.17) is 17.5 Å². The van der Waals surface area contributed by atoms with Crippen LogP contribution in [0.2, 0.25) is 0 Å². The Balaban J connectivity index is -0.000000116. The van der Waals surface area contributed by atoms with Gasteiger partial charge in [0, 0.05) is 16.9 Å². The van der Waals surface area contributed by atoms with Crippen LogP contribution >= 0.6 is 0 Å². The Bertz CT molecular complexity index is 189. The van der Waals surface area contributed by atoms with Gasteiger partial charge in [-0.2, -0.15) is 0 Å². The normalized spacial score (nSPS) is 12.8. The zero-order chi connectivity index (χ0) is 8.04. The van der Waals surface area contributed by atoms with Crippen molar-refractivity contribution in [3.63, 3.8) is 0 Å². The third-order valence-electron chi connectivity index (χ3n) is 0.691. The predicted molar refractivity (Wildman–Crippen MR) is 32.2 cm³/mol. The standard InChI is InChI=1S/C4H7N.2Na.H2O4S/c1-2-4-5-3-1;;;1-5(2,3)4/h1,3,5H,2,4H2;;;(H2,1,2,3,4)/q;2*+1;/p-2. The SMILES string of the molecule is C1=CNCC1.O=S(=O)([O-])[O-].[Na+].[Na+]. The molecule has 0 bridgehead atoms. The van der Waals surface area contributed by atoms with E-state index in [1.54, 1.807) is 0 Å². The molecule has 0 spiro atoms. The molecule has 1 rings (SSSR count). The van der Waals surface area contributed by atoms with E-state index in [-0.39, 0.29) is 59.1 Å². The summed E-state index contributed by atoms with van der Waals surface area (Å²) in [6, 6.07) is 0. The maximum atomic E-state index is 8.52. The summed E-state index contributed by atoms with van der Waals surface area (Å²) in [6.07, 6.45) is 5.32. The van der Waals surface area contributed by atoms with Gasteiger partial charge in [0.25, 0.3) is 0 Å². The second-order valence-corrected chi connectivity index (χ2v) is 2.37. The number of hydrogen-bond donors (Lipinski definition) is 1. The summed E-state index contributed by atoms with van der Waals surface area (Å²) in [5.41, 5.74) is 0. The molecular weight excluding hydrogens is 204 g/mol. The van der Waals surface area contributed by atoms with E-state index in [2.05, 4.69) is 11.4 Å². The first-order valence-electron chi connectivity index (χ1n) is 2.55. The van der Waals surface area contributed by atoms with Gasteiger partial charge >= 0.3 is 59.1 Å². The number of rotatable bonds is 0. The molecule has 12 heavy (non-hydrogen) atoms. The van der Waals surface area contributed by atoms with E-state index in [1.807, 2.05) is 6.20 Å². The van der Waals surface area contributed by atoms with Crippen molar-refractivity contribution in [2.24, 2.45) is 0 Å². The molecule has 1 aliphatic heterocycles. The summed E-state index contributed by atoms with van der Waals surface area (Å²) in [7, 11) is -5.17. The summed E-state index contributed by atoms with van der Waals surface area (Å²) in [4.78, 5) is 0. The van der Waals surface area contributed by atoms with Gasteiger partial charge in [-0.1, -0.05) is 6.08 Å². The van der Waals surface area contributed by atoms with Gasteiger partial charge in [-0.25, -0.2) is 0 Å². The zero-order valence-corrected chi connectivity index (χ0v) is 11.9. The maximum absolute atomic E-state index is 8.52. The van der Waals surface area contributed by atoms with E-state index in [0.29, 0.717) is 0 Å². The van der Waals surface area contributed by atoms with Crippen molar-refractivity contribution in [3.8, 4) is 0 Å². The minimum absolute atomic E-state index is 0. The Morgan fingerprint density at radius 3 is 1.75 bits per heavy atom. The molecule has 0 saturated carbocycles. The monoisotopic (exact) mass is 211 g/mol. The van der Waals surface area contributed by atoms with Crippen LogP contribution in [-0.4, -0.2) is 24.1 Å². The van der Waals surface area contributed by atoms with Crippen LogP contribution in [0, 0.1) is 0 Å². The first kappa shape index (κ1) is 19.1. The van der Waals surface area contributed by atoms with Crippen LogP contribution in [-0.2, 0) is 10.4 Å². The molecule has 8 heteroatoms. The smallest absolute Gasteiger partial charge is 0.759 e. The van der Waals surface area contributed by atoms with Crippen LogP contribution in [0.1, 0.15) is 6.42 Å². The van der Waals surface area contributed by atoms with E-state index in [0.717, 1.165) is 6.54 Å². The fourth-order valence-corrected chi connectivity index (χ4v) is 0.417. The molecule has 0 atom stereocenters. The Morgan fingerprint density at radius 2 is 1.67 bits per heavy atom. The van der Waals surface area contributed by atoms with Crippen molar-refractivity contribution in [2.75, 3.05) is 6.54 Å². The Labute approximate surface area is 116 Å². The summed E-state index contributed by atoms with van der Waals surface area (Å²) in [5.74, 6) is 0. The van der Waals surface area contributed by atoms with Gasteiger partial charge in [0.1, 0.15) is 0 Å². The van der Waals surface area contributed by atoms with Gasteiger partial charge in [-0.05, 0) is 12.6 Å². The van der Waals surface area contributed by atoms with Crippen molar-refractivity contribution < 1.29 is 76.6 Å². The van der Waals surface area contributed by atoms with Crippen LogP contribution in [0.15, 0.2) is 12.3 Å². The first-order chi connectivity index (χ1) is 4.50. The molecule has 60 valence electrons. The summed E-state index contributed by atoms with van der Waals surface area (Å²) in [6.45, 7) is 1.14. The summed E-state index contributed by atoms with van der Waals surface area (Å²) < 4.78 is 34.1. The van der Waals surface area contributed by atoms with Crippen LogP contribution in [0.25, 0.3) is 0 Å². The van der Waals surface area contributed by atoms with Crippen LogP contribution < -0.4 is 64.4 Å². The maximum Gasteiger partial charge on any atom is 1.00 e. The molecule has 0 aliphatic carbocycles. The zero-order valence-electron chi connectivity index (χ0n) is 7.11. The van der Waals surface area contributed by atoms with Crippen molar-refractivity contribution >= 4 is 10.4 Å². The van der Waals surface area contributed by atoms with Crippen molar-refractivity contribution in [1.29, 1.82) is 0 Å². The van der Waals surface area contributed by atoms with E-state index >= 15 is 0 Å². The number of nitrogens with one attached hydrogen (secondary N) is 1. The van der Waals surface area contributed by atoms with Gasteiger partial charge in [0.05, 0.1) is 0 Å². The van der Waals surface area contributed by atoms with Gasteiger partial charge in [-0.15, -0.1) is 0 Å². The van der Waals surface area contributed by atoms with Gasteiger partial charge in [-0.3, -0.25) is 8.42 Å². The molecule has 0 aromatic heterocycles. The number of hydrogen-bond acceptors (Lipinski definition) is 5. The fourth-order valence-electron chi connectivity index (χ4n) is 0.417. The molecule has 1 aliphatic rings. The van der Waals surface area contributed by atoms with Gasteiger partial charge in [0.2, 0.25) is 0 Å². The topological polar surface area (TPSA) is 92.3 Å².